The van der Waals surface area contributed by atoms with Crippen LogP contribution >= 0.6 is 0 Å². The standard InChI is InChI=1S/C25H27N5O4/c1-2-3-4-5-6-16-32-19-13-10-18(11-14-19)12-15-23(31)26-20-8-7-9-21-24(20)34-22(17-33-21)25-27-29-30-28-25/h5-15,22H,2-4,16-17H2,1H3,(H,26,31)(H,27,28,29,30). The molecule has 0 bridgehead atoms. The Labute approximate surface area is 197 Å². The normalized spacial score (nSPS) is 15.0. The van der Waals surface area contributed by atoms with E-state index in [1.807, 2.05) is 30.3 Å². The third-order valence-corrected chi connectivity index (χ3v) is 5.08. The predicted molar refractivity (Wildman–Crippen MR) is 128 cm³/mol. The summed E-state index contributed by atoms with van der Waals surface area (Å²) in [5.74, 6) is 1.83. The number of hydrogen-bond donors (Lipinski definition) is 2. The van der Waals surface area contributed by atoms with Gasteiger partial charge in [-0.1, -0.05) is 55.3 Å². The van der Waals surface area contributed by atoms with Crippen molar-refractivity contribution in [3.05, 3.63) is 72.1 Å². The van der Waals surface area contributed by atoms with Crippen LogP contribution in [-0.2, 0) is 4.79 Å². The highest BCUT2D eigenvalue weighted by atomic mass is 16.6. The summed E-state index contributed by atoms with van der Waals surface area (Å²) in [4.78, 5) is 12.5. The number of nitrogens with zero attached hydrogens (tertiary/aromatic N) is 3. The van der Waals surface area contributed by atoms with Crippen molar-refractivity contribution < 1.29 is 19.0 Å². The van der Waals surface area contributed by atoms with Gasteiger partial charge in [-0.15, -0.1) is 10.2 Å². The van der Waals surface area contributed by atoms with Gasteiger partial charge in [0.1, 0.15) is 19.0 Å². The molecule has 34 heavy (non-hydrogen) atoms. The molecule has 9 nitrogen and oxygen atoms in total. The van der Waals surface area contributed by atoms with Crippen molar-refractivity contribution >= 4 is 17.7 Å². The summed E-state index contributed by atoms with van der Waals surface area (Å²) >= 11 is 0. The number of amides is 1. The van der Waals surface area contributed by atoms with Gasteiger partial charge in [0.2, 0.25) is 11.7 Å². The van der Waals surface area contributed by atoms with E-state index in [0.717, 1.165) is 17.7 Å². The highest BCUT2D eigenvalue weighted by molar-refractivity contribution is 6.03. The molecule has 0 saturated heterocycles. The molecule has 1 aliphatic heterocycles. The molecule has 1 unspecified atom stereocenters. The maximum atomic E-state index is 12.5. The highest BCUT2D eigenvalue weighted by Gasteiger charge is 2.28. The van der Waals surface area contributed by atoms with Crippen molar-refractivity contribution in [2.24, 2.45) is 0 Å². The van der Waals surface area contributed by atoms with E-state index in [1.54, 1.807) is 24.3 Å². The maximum absolute atomic E-state index is 12.5. The molecule has 0 saturated carbocycles. The first-order valence-corrected chi connectivity index (χ1v) is 11.3. The van der Waals surface area contributed by atoms with Crippen molar-refractivity contribution in [3.63, 3.8) is 0 Å². The minimum Gasteiger partial charge on any atom is -0.490 e. The Morgan fingerprint density at radius 1 is 1.24 bits per heavy atom. The summed E-state index contributed by atoms with van der Waals surface area (Å²) in [5.41, 5.74) is 1.38. The number of aromatic nitrogens is 4. The van der Waals surface area contributed by atoms with Gasteiger partial charge in [0.25, 0.3) is 0 Å². The van der Waals surface area contributed by atoms with E-state index in [2.05, 4.69) is 38.9 Å². The molecule has 0 aliphatic carbocycles. The number of H-pyrrole nitrogens is 1. The topological polar surface area (TPSA) is 111 Å². The van der Waals surface area contributed by atoms with E-state index in [-0.39, 0.29) is 12.5 Å². The number of para-hydroxylation sites is 1. The summed E-state index contributed by atoms with van der Waals surface area (Å²) in [6.07, 6.45) is 10.3. The first-order valence-electron chi connectivity index (χ1n) is 11.3. The van der Waals surface area contributed by atoms with Crippen LogP contribution in [-0.4, -0.2) is 39.7 Å². The number of tetrazole rings is 1. The molecule has 2 heterocycles. The molecule has 176 valence electrons. The van der Waals surface area contributed by atoms with Crippen molar-refractivity contribution in [1.29, 1.82) is 0 Å². The molecule has 1 atom stereocenters. The van der Waals surface area contributed by atoms with Crippen LogP contribution in [0.5, 0.6) is 17.2 Å². The Bertz CT molecular complexity index is 1130. The zero-order valence-corrected chi connectivity index (χ0v) is 18.9. The van der Waals surface area contributed by atoms with E-state index in [0.29, 0.717) is 29.6 Å². The zero-order chi connectivity index (χ0) is 23.6. The van der Waals surface area contributed by atoms with Gasteiger partial charge < -0.3 is 19.5 Å². The Morgan fingerprint density at radius 3 is 2.91 bits per heavy atom. The van der Waals surface area contributed by atoms with E-state index >= 15 is 0 Å². The molecular weight excluding hydrogens is 434 g/mol. The van der Waals surface area contributed by atoms with Crippen LogP contribution in [0.15, 0.2) is 60.7 Å². The minimum atomic E-state index is -0.521. The largest absolute Gasteiger partial charge is 0.490 e. The first-order chi connectivity index (χ1) is 16.7. The minimum absolute atomic E-state index is 0.249. The van der Waals surface area contributed by atoms with Crippen LogP contribution in [0.4, 0.5) is 5.69 Å². The lowest BCUT2D eigenvalue weighted by molar-refractivity contribution is -0.111. The highest BCUT2D eigenvalue weighted by Crippen LogP contribution is 2.41. The lowest BCUT2D eigenvalue weighted by Gasteiger charge is -2.26. The monoisotopic (exact) mass is 461 g/mol. The molecule has 2 aromatic carbocycles. The second-order valence-electron chi connectivity index (χ2n) is 7.64. The Kier molecular flexibility index (Phi) is 7.89. The van der Waals surface area contributed by atoms with Gasteiger partial charge in [0.05, 0.1) is 5.69 Å². The van der Waals surface area contributed by atoms with E-state index in [9.17, 15) is 4.79 Å². The number of fused-ring (bicyclic) bond motifs is 1. The number of rotatable bonds is 10. The fraction of sp³-hybridized carbons (Fsp3) is 0.280. The average molecular weight is 462 g/mol. The van der Waals surface area contributed by atoms with Gasteiger partial charge in [-0.05, 0) is 42.3 Å². The third kappa shape index (κ3) is 6.22. The predicted octanol–water partition coefficient (Wildman–Crippen LogP) is 4.49. The number of nitrogens with one attached hydrogen (secondary N) is 2. The van der Waals surface area contributed by atoms with Gasteiger partial charge >= 0.3 is 0 Å². The average Bonchev–Trinajstić information content (AvgIpc) is 3.41. The SMILES string of the molecule is CCCCC=CCOc1ccc(C=CC(=O)Nc2cccc3c2OC(c2nn[nH]n2)CO3)cc1. The van der Waals surface area contributed by atoms with Crippen molar-refractivity contribution in [2.45, 2.75) is 32.3 Å². The second-order valence-corrected chi connectivity index (χ2v) is 7.64. The molecule has 3 aromatic rings. The Hall–Kier alpha value is -4.14. The lowest BCUT2D eigenvalue weighted by atomic mass is 10.2. The van der Waals surface area contributed by atoms with Crippen molar-refractivity contribution in [3.8, 4) is 17.2 Å². The molecular formula is C25H27N5O4. The van der Waals surface area contributed by atoms with Crippen LogP contribution in [0.1, 0.15) is 43.7 Å². The maximum Gasteiger partial charge on any atom is 0.248 e. The summed E-state index contributed by atoms with van der Waals surface area (Å²) in [7, 11) is 0. The number of hydrogen-bond acceptors (Lipinski definition) is 7. The van der Waals surface area contributed by atoms with Crippen LogP contribution in [0.3, 0.4) is 0 Å². The van der Waals surface area contributed by atoms with Gasteiger partial charge in [-0.2, -0.15) is 5.21 Å². The van der Waals surface area contributed by atoms with Crippen LogP contribution in [0.25, 0.3) is 6.08 Å². The second kappa shape index (κ2) is 11.6. The van der Waals surface area contributed by atoms with Crippen molar-refractivity contribution in [1.82, 2.24) is 20.6 Å². The van der Waals surface area contributed by atoms with E-state index in [4.69, 9.17) is 14.2 Å². The van der Waals surface area contributed by atoms with Gasteiger partial charge in [0.15, 0.2) is 17.6 Å². The quantitative estimate of drug-likeness (QED) is 0.260. The number of carbonyl (C=O) groups is 1. The molecule has 2 N–H and O–H groups in total. The van der Waals surface area contributed by atoms with E-state index < -0.39 is 6.10 Å². The number of aromatic amines is 1. The summed E-state index contributed by atoms with van der Waals surface area (Å²) in [6, 6.07) is 12.9. The number of carbonyl (C=O) groups excluding carboxylic acids is 1. The van der Waals surface area contributed by atoms with Gasteiger partial charge in [-0.25, -0.2) is 0 Å². The number of allylic oxidation sites excluding steroid dienone is 1. The summed E-state index contributed by atoms with van der Waals surface area (Å²) in [5, 5.41) is 16.7. The zero-order valence-electron chi connectivity index (χ0n) is 18.9. The Balaban J connectivity index is 1.32. The molecule has 1 aliphatic rings. The number of anilines is 1. The van der Waals surface area contributed by atoms with Gasteiger partial charge in [0, 0.05) is 6.08 Å². The fourth-order valence-electron chi connectivity index (χ4n) is 3.30. The molecule has 1 amide bonds. The molecule has 0 fully saturated rings. The fourth-order valence-corrected chi connectivity index (χ4v) is 3.30. The Morgan fingerprint density at radius 2 is 2.12 bits per heavy atom. The molecule has 1 aromatic heterocycles. The third-order valence-electron chi connectivity index (χ3n) is 5.08. The van der Waals surface area contributed by atoms with Crippen LogP contribution in [0, 0.1) is 0 Å². The van der Waals surface area contributed by atoms with Crippen LogP contribution < -0.4 is 19.5 Å². The van der Waals surface area contributed by atoms with E-state index in [1.165, 1.54) is 18.9 Å². The molecule has 0 spiro atoms. The van der Waals surface area contributed by atoms with Crippen molar-refractivity contribution in [2.75, 3.05) is 18.5 Å². The number of benzene rings is 2. The lowest BCUT2D eigenvalue weighted by Crippen LogP contribution is -2.24. The summed E-state index contributed by atoms with van der Waals surface area (Å²) < 4.78 is 17.4. The molecule has 0 radical (unpaired) electrons. The summed E-state index contributed by atoms with van der Waals surface area (Å²) in [6.45, 7) is 2.97. The van der Waals surface area contributed by atoms with Gasteiger partial charge in [-0.3, -0.25) is 4.79 Å². The molecule has 4 rings (SSSR count). The molecule has 9 heteroatoms. The van der Waals surface area contributed by atoms with Crippen LogP contribution in [0.2, 0.25) is 0 Å². The smallest absolute Gasteiger partial charge is 0.248 e. The number of ether oxygens (including phenoxy) is 3. The number of unbranched alkanes of at least 4 members (excludes halogenated alkanes) is 2. The first kappa shape index (κ1) is 23.0.